The number of anilines is 3. The van der Waals surface area contributed by atoms with Gasteiger partial charge in [0.05, 0.1) is 30.5 Å². The largest absolute Gasteiger partial charge is 0.378 e. The zero-order valence-corrected chi connectivity index (χ0v) is 18.1. The van der Waals surface area contributed by atoms with Crippen LogP contribution >= 0.6 is 0 Å². The van der Waals surface area contributed by atoms with Gasteiger partial charge in [0.2, 0.25) is 5.95 Å². The van der Waals surface area contributed by atoms with Crippen LogP contribution in [-0.2, 0) is 11.8 Å². The summed E-state index contributed by atoms with van der Waals surface area (Å²) >= 11 is 0. The maximum absolute atomic E-state index is 9.54. The Morgan fingerprint density at radius 1 is 1.03 bits per heavy atom. The first-order valence-electron chi connectivity index (χ1n) is 10.6. The van der Waals surface area contributed by atoms with Gasteiger partial charge in [0.15, 0.2) is 5.82 Å². The summed E-state index contributed by atoms with van der Waals surface area (Å²) in [6, 6.07) is 17.8. The average molecular weight is 438 g/mol. The maximum atomic E-state index is 9.54. The number of hydrogen-bond acceptors (Lipinski definition) is 8. The highest BCUT2D eigenvalue weighted by atomic mass is 16.5. The summed E-state index contributed by atoms with van der Waals surface area (Å²) in [5, 5.41) is 20.8. The first kappa shape index (κ1) is 20.6. The summed E-state index contributed by atoms with van der Waals surface area (Å²) in [6.07, 6.45) is 3.39. The molecule has 9 nitrogen and oxygen atoms in total. The number of morpholine rings is 1. The Balaban J connectivity index is 1.39. The number of nitriles is 1. The number of aryl methyl sites for hydroxylation is 1. The van der Waals surface area contributed by atoms with Crippen LogP contribution < -0.4 is 10.2 Å². The normalized spacial score (nSPS) is 13.5. The minimum atomic E-state index is 0.481. The van der Waals surface area contributed by atoms with Gasteiger partial charge in [-0.15, -0.1) is 10.2 Å². The summed E-state index contributed by atoms with van der Waals surface area (Å²) in [5.41, 5.74) is 5.05. The summed E-state index contributed by atoms with van der Waals surface area (Å²) in [5.74, 6) is 1.28. The number of aromatic nitrogens is 5. The van der Waals surface area contributed by atoms with Crippen LogP contribution in [0.3, 0.4) is 0 Å². The van der Waals surface area contributed by atoms with Gasteiger partial charge in [0.25, 0.3) is 0 Å². The fourth-order valence-corrected chi connectivity index (χ4v) is 3.78. The van der Waals surface area contributed by atoms with Gasteiger partial charge in [-0.3, -0.25) is 0 Å². The van der Waals surface area contributed by atoms with Crippen LogP contribution in [0, 0.1) is 11.3 Å². The van der Waals surface area contributed by atoms with Crippen LogP contribution in [0.15, 0.2) is 61.1 Å². The van der Waals surface area contributed by atoms with Crippen LogP contribution in [0.4, 0.5) is 17.3 Å². The zero-order valence-electron chi connectivity index (χ0n) is 18.1. The van der Waals surface area contributed by atoms with Crippen molar-refractivity contribution in [3.8, 4) is 28.7 Å². The second-order valence-electron chi connectivity index (χ2n) is 7.71. The van der Waals surface area contributed by atoms with Gasteiger partial charge < -0.3 is 19.5 Å². The molecular formula is C24H22N8O. The first-order valence-corrected chi connectivity index (χ1v) is 10.6. The molecule has 1 saturated heterocycles. The van der Waals surface area contributed by atoms with Crippen LogP contribution in [-0.4, -0.2) is 51.0 Å². The van der Waals surface area contributed by atoms with E-state index >= 15 is 0 Å². The van der Waals surface area contributed by atoms with Crippen molar-refractivity contribution in [3.63, 3.8) is 0 Å². The van der Waals surface area contributed by atoms with Gasteiger partial charge in [0.1, 0.15) is 6.33 Å². The predicted octanol–water partition coefficient (Wildman–Crippen LogP) is 3.39. The number of nitrogens with one attached hydrogen (secondary N) is 1. The van der Waals surface area contributed by atoms with E-state index in [0.717, 1.165) is 47.1 Å². The third-order valence-corrected chi connectivity index (χ3v) is 5.49. The van der Waals surface area contributed by atoms with E-state index in [-0.39, 0.29) is 0 Å². The van der Waals surface area contributed by atoms with Gasteiger partial charge in [-0.2, -0.15) is 5.26 Å². The Hall–Kier alpha value is -4.29. The van der Waals surface area contributed by atoms with Crippen LogP contribution in [0.1, 0.15) is 5.56 Å². The van der Waals surface area contributed by atoms with E-state index < -0.39 is 0 Å². The standard InChI is InChI=1S/C24H22N8O/c1-31-16-27-30-23(31)18-2-4-20(5-3-18)28-24-26-7-6-22(29-24)19-12-17(15-25)13-21(14-19)32-8-10-33-11-9-32/h2-7,12-14,16H,8-11H2,1H3,(H,26,28,29). The summed E-state index contributed by atoms with van der Waals surface area (Å²) in [4.78, 5) is 11.3. The minimum absolute atomic E-state index is 0.481. The van der Waals surface area contributed by atoms with Crippen molar-refractivity contribution in [1.29, 1.82) is 5.26 Å². The van der Waals surface area contributed by atoms with Crippen molar-refractivity contribution in [2.45, 2.75) is 0 Å². The van der Waals surface area contributed by atoms with Crippen LogP contribution in [0.25, 0.3) is 22.6 Å². The third-order valence-electron chi connectivity index (χ3n) is 5.49. The molecule has 164 valence electrons. The van der Waals surface area contributed by atoms with Crippen molar-refractivity contribution < 1.29 is 4.74 Å². The van der Waals surface area contributed by atoms with Crippen LogP contribution in [0.2, 0.25) is 0 Å². The smallest absolute Gasteiger partial charge is 0.227 e. The third kappa shape index (κ3) is 4.51. The van der Waals surface area contributed by atoms with E-state index in [4.69, 9.17) is 4.74 Å². The van der Waals surface area contributed by atoms with Crippen molar-refractivity contribution >= 4 is 17.3 Å². The van der Waals surface area contributed by atoms with E-state index in [9.17, 15) is 5.26 Å². The summed E-state index contributed by atoms with van der Waals surface area (Å²) < 4.78 is 7.33. The van der Waals surface area contributed by atoms with Crippen molar-refractivity contribution in [1.82, 2.24) is 24.7 Å². The Kier molecular flexibility index (Phi) is 5.66. The highest BCUT2D eigenvalue weighted by molar-refractivity contribution is 5.70. The number of ether oxygens (including phenoxy) is 1. The van der Waals surface area contributed by atoms with Crippen molar-refractivity contribution in [3.05, 3.63) is 66.6 Å². The van der Waals surface area contributed by atoms with Gasteiger partial charge in [0, 0.05) is 48.8 Å². The molecule has 1 aliphatic rings. The molecule has 1 aliphatic heterocycles. The monoisotopic (exact) mass is 438 g/mol. The molecule has 2 aromatic heterocycles. The second-order valence-corrected chi connectivity index (χ2v) is 7.71. The second kappa shape index (κ2) is 9.06. The highest BCUT2D eigenvalue weighted by Gasteiger charge is 2.14. The molecule has 0 amide bonds. The van der Waals surface area contributed by atoms with Gasteiger partial charge in [-0.05, 0) is 48.5 Å². The SMILES string of the molecule is Cn1cnnc1-c1ccc(Nc2nccc(-c3cc(C#N)cc(N4CCOCC4)c3)n2)cc1. The number of rotatable bonds is 5. The van der Waals surface area contributed by atoms with E-state index in [1.165, 1.54) is 0 Å². The first-order chi connectivity index (χ1) is 16.2. The highest BCUT2D eigenvalue weighted by Crippen LogP contribution is 2.27. The molecule has 0 spiro atoms. The predicted molar refractivity (Wildman–Crippen MR) is 125 cm³/mol. The molecule has 0 atom stereocenters. The molecule has 5 rings (SSSR count). The van der Waals surface area contributed by atoms with Crippen LogP contribution in [0.5, 0.6) is 0 Å². The van der Waals surface area contributed by atoms with E-state index in [1.807, 2.05) is 54.1 Å². The molecule has 0 radical (unpaired) electrons. The Labute approximate surface area is 191 Å². The molecule has 0 unspecified atom stereocenters. The molecule has 9 heteroatoms. The van der Waals surface area contributed by atoms with Gasteiger partial charge >= 0.3 is 0 Å². The summed E-state index contributed by atoms with van der Waals surface area (Å²) in [7, 11) is 1.91. The lowest BCUT2D eigenvalue weighted by Gasteiger charge is -2.29. The topological polar surface area (TPSA) is 105 Å². The lowest BCUT2D eigenvalue weighted by Crippen LogP contribution is -2.36. The Morgan fingerprint density at radius 2 is 1.85 bits per heavy atom. The lowest BCUT2D eigenvalue weighted by atomic mass is 10.1. The lowest BCUT2D eigenvalue weighted by molar-refractivity contribution is 0.122. The molecule has 0 bridgehead atoms. The molecule has 33 heavy (non-hydrogen) atoms. The maximum Gasteiger partial charge on any atom is 0.227 e. The quantitative estimate of drug-likeness (QED) is 0.506. The molecule has 1 N–H and O–H groups in total. The molecule has 4 aromatic rings. The van der Waals surface area contributed by atoms with E-state index in [2.05, 4.69) is 42.5 Å². The van der Waals surface area contributed by atoms with Gasteiger partial charge in [-0.25, -0.2) is 9.97 Å². The Bertz CT molecular complexity index is 1300. The molecule has 2 aromatic carbocycles. The van der Waals surface area contributed by atoms with E-state index in [0.29, 0.717) is 24.7 Å². The Morgan fingerprint density at radius 3 is 2.58 bits per heavy atom. The number of benzene rings is 2. The minimum Gasteiger partial charge on any atom is -0.378 e. The van der Waals surface area contributed by atoms with Gasteiger partial charge in [-0.1, -0.05) is 0 Å². The van der Waals surface area contributed by atoms with Crippen molar-refractivity contribution in [2.24, 2.45) is 7.05 Å². The molecule has 1 fully saturated rings. The fraction of sp³-hybridized carbons (Fsp3) is 0.208. The molecule has 3 heterocycles. The van der Waals surface area contributed by atoms with Crippen molar-refractivity contribution in [2.75, 3.05) is 36.5 Å². The fourth-order valence-electron chi connectivity index (χ4n) is 3.78. The molecular weight excluding hydrogens is 416 g/mol. The van der Waals surface area contributed by atoms with E-state index in [1.54, 1.807) is 12.5 Å². The zero-order chi connectivity index (χ0) is 22.6. The number of hydrogen-bond donors (Lipinski definition) is 1. The molecule has 0 saturated carbocycles. The molecule has 0 aliphatic carbocycles. The average Bonchev–Trinajstić information content (AvgIpc) is 3.30. The summed E-state index contributed by atoms with van der Waals surface area (Å²) in [6.45, 7) is 2.97. The number of nitrogens with zero attached hydrogens (tertiary/aromatic N) is 7.